The van der Waals surface area contributed by atoms with E-state index in [2.05, 4.69) is 20.5 Å². The molecule has 0 spiro atoms. The Balaban J connectivity index is 1.34. The van der Waals surface area contributed by atoms with Crippen molar-refractivity contribution in [3.63, 3.8) is 0 Å². The molecule has 1 saturated heterocycles. The fourth-order valence-corrected chi connectivity index (χ4v) is 5.40. The van der Waals surface area contributed by atoms with Crippen LogP contribution in [0.15, 0.2) is 60.9 Å². The number of carbonyl (C=O) groups excluding carboxylic acids is 2. The maximum absolute atomic E-state index is 15.1. The molecule has 0 radical (unpaired) electrons. The van der Waals surface area contributed by atoms with Crippen molar-refractivity contribution in [3.8, 4) is 0 Å². The number of halogens is 1. The van der Waals surface area contributed by atoms with Crippen LogP contribution in [0.3, 0.4) is 0 Å². The number of amides is 2. The number of carbonyl (C=O) groups is 2. The number of hydrogen-bond donors (Lipinski definition) is 2. The van der Waals surface area contributed by atoms with Gasteiger partial charge in [-0.1, -0.05) is 32.0 Å². The van der Waals surface area contributed by atoms with Crippen LogP contribution < -0.4 is 15.5 Å². The monoisotopic (exact) mass is 501 g/mol. The van der Waals surface area contributed by atoms with Crippen LogP contribution in [-0.2, 0) is 4.79 Å². The van der Waals surface area contributed by atoms with E-state index in [-0.39, 0.29) is 29.6 Å². The molecule has 0 saturated carbocycles. The number of piperazine rings is 1. The lowest BCUT2D eigenvalue weighted by Crippen LogP contribution is -2.48. The third-order valence-electron chi connectivity index (χ3n) is 7.49. The van der Waals surface area contributed by atoms with Crippen molar-refractivity contribution in [2.24, 2.45) is 5.92 Å². The van der Waals surface area contributed by atoms with Gasteiger partial charge in [-0.05, 0) is 48.7 Å². The molecule has 0 bridgehead atoms. The molecule has 1 fully saturated rings. The number of hydrogen-bond acceptors (Lipinski definition) is 5. The highest BCUT2D eigenvalue weighted by Gasteiger charge is 2.33. The topological polar surface area (TPSA) is 77.6 Å². The van der Waals surface area contributed by atoms with Crippen LogP contribution >= 0.6 is 0 Å². The largest absolute Gasteiger partial charge is 0.367 e. The van der Waals surface area contributed by atoms with Crippen molar-refractivity contribution in [1.82, 2.24) is 9.88 Å². The smallest absolute Gasteiger partial charge is 0.256 e. The molecular formula is C29H32FN5O2. The average Bonchev–Trinajstić information content (AvgIpc) is 3.03. The first-order valence-corrected chi connectivity index (χ1v) is 12.9. The Labute approximate surface area is 216 Å². The van der Waals surface area contributed by atoms with Crippen LogP contribution in [0.4, 0.5) is 21.5 Å². The number of nitrogens with one attached hydrogen (secondary N) is 2. The summed E-state index contributed by atoms with van der Waals surface area (Å²) < 4.78 is 15.1. The summed E-state index contributed by atoms with van der Waals surface area (Å²) in [5.41, 5.74) is 4.33. The van der Waals surface area contributed by atoms with Crippen LogP contribution in [0.1, 0.15) is 54.2 Å². The third-order valence-corrected chi connectivity index (χ3v) is 7.49. The summed E-state index contributed by atoms with van der Waals surface area (Å²) in [6.07, 6.45) is 5.01. The summed E-state index contributed by atoms with van der Waals surface area (Å²) in [6.45, 7) is 6.60. The summed E-state index contributed by atoms with van der Waals surface area (Å²) in [7, 11) is 0. The van der Waals surface area contributed by atoms with Gasteiger partial charge in [-0.25, -0.2) is 4.39 Å². The van der Waals surface area contributed by atoms with E-state index in [9.17, 15) is 9.59 Å². The first-order valence-electron chi connectivity index (χ1n) is 12.9. The number of benzene rings is 2. The molecule has 1 unspecified atom stereocenters. The number of anilines is 3. The number of nitrogens with zero attached hydrogens (tertiary/aromatic N) is 3. The fourth-order valence-electron chi connectivity index (χ4n) is 5.40. The highest BCUT2D eigenvalue weighted by atomic mass is 19.1. The van der Waals surface area contributed by atoms with Gasteiger partial charge >= 0.3 is 0 Å². The van der Waals surface area contributed by atoms with E-state index in [1.165, 1.54) is 6.07 Å². The van der Waals surface area contributed by atoms with Gasteiger partial charge in [0, 0.05) is 67.0 Å². The van der Waals surface area contributed by atoms with Crippen LogP contribution in [0, 0.1) is 11.7 Å². The van der Waals surface area contributed by atoms with Gasteiger partial charge in [-0.2, -0.15) is 0 Å². The van der Waals surface area contributed by atoms with Crippen molar-refractivity contribution in [2.75, 3.05) is 41.7 Å². The van der Waals surface area contributed by atoms with Crippen molar-refractivity contribution in [1.29, 1.82) is 0 Å². The molecule has 2 aromatic carbocycles. The summed E-state index contributed by atoms with van der Waals surface area (Å²) in [6, 6.07) is 14.3. The molecule has 2 aliphatic heterocycles. The summed E-state index contributed by atoms with van der Waals surface area (Å²) in [5, 5.41) is 5.88. The van der Waals surface area contributed by atoms with Crippen LogP contribution in [0.25, 0.3) is 0 Å². The van der Waals surface area contributed by atoms with Crippen LogP contribution in [0.2, 0.25) is 0 Å². The van der Waals surface area contributed by atoms with E-state index in [0.29, 0.717) is 43.1 Å². The molecule has 3 heterocycles. The van der Waals surface area contributed by atoms with Gasteiger partial charge in [0.2, 0.25) is 5.91 Å². The summed E-state index contributed by atoms with van der Waals surface area (Å²) >= 11 is 0. The first-order chi connectivity index (χ1) is 18.0. The number of fused-ring (bicyclic) bond motifs is 2. The summed E-state index contributed by atoms with van der Waals surface area (Å²) in [4.78, 5) is 34.0. The lowest BCUT2D eigenvalue weighted by Gasteiger charge is -2.40. The fraction of sp³-hybridized carbons (Fsp3) is 0.345. The molecule has 2 amide bonds. The average molecular weight is 502 g/mol. The molecule has 192 valence electrons. The van der Waals surface area contributed by atoms with Gasteiger partial charge in [0.25, 0.3) is 5.91 Å². The minimum Gasteiger partial charge on any atom is -0.367 e. The Bertz CT molecular complexity index is 1300. The highest BCUT2D eigenvalue weighted by molar-refractivity contribution is 6.07. The third kappa shape index (κ3) is 4.93. The Morgan fingerprint density at radius 2 is 1.84 bits per heavy atom. The number of pyridine rings is 1. The molecule has 2 N–H and O–H groups in total. The number of rotatable bonds is 6. The van der Waals surface area contributed by atoms with E-state index >= 15 is 4.39 Å². The molecular weight excluding hydrogens is 469 g/mol. The highest BCUT2D eigenvalue weighted by Crippen LogP contribution is 2.38. The molecule has 0 aliphatic carbocycles. The SMILES string of the molecule is CCC(CC)C(=O)Nc1ccc(N2CCN(C3c4cnccc4NC(=O)c4ccccc43)CC2)c(F)c1. The van der Waals surface area contributed by atoms with Gasteiger partial charge in [0.15, 0.2) is 0 Å². The predicted octanol–water partition coefficient (Wildman–Crippen LogP) is 5.07. The van der Waals surface area contributed by atoms with E-state index in [0.717, 1.165) is 29.7 Å². The van der Waals surface area contributed by atoms with Crippen molar-refractivity contribution < 1.29 is 14.0 Å². The lowest BCUT2D eigenvalue weighted by atomic mass is 9.94. The minimum absolute atomic E-state index is 0.0720. The van der Waals surface area contributed by atoms with Gasteiger partial charge in [0.1, 0.15) is 5.82 Å². The minimum atomic E-state index is -0.347. The van der Waals surface area contributed by atoms with Crippen molar-refractivity contribution in [2.45, 2.75) is 32.7 Å². The second-order valence-corrected chi connectivity index (χ2v) is 9.60. The predicted molar refractivity (Wildman–Crippen MR) is 143 cm³/mol. The number of aromatic nitrogens is 1. The first kappa shape index (κ1) is 24.9. The van der Waals surface area contributed by atoms with Gasteiger partial charge < -0.3 is 15.5 Å². The Kier molecular flexibility index (Phi) is 7.19. The summed E-state index contributed by atoms with van der Waals surface area (Å²) in [5.74, 6) is -0.615. The van der Waals surface area contributed by atoms with Crippen molar-refractivity contribution >= 4 is 28.9 Å². The van der Waals surface area contributed by atoms with Gasteiger partial charge in [-0.3, -0.25) is 19.5 Å². The Morgan fingerprint density at radius 1 is 1.08 bits per heavy atom. The van der Waals surface area contributed by atoms with E-state index in [1.807, 2.05) is 55.3 Å². The molecule has 3 aromatic rings. The zero-order chi connectivity index (χ0) is 25.9. The standard InChI is InChI=1S/C29H32FN5O2/c1-3-19(4-2)28(36)32-20-9-10-26(24(30)17-20)34-13-15-35(16-14-34)27-21-7-5-6-8-22(21)29(37)33-25-11-12-31-18-23(25)27/h5-12,17-19,27H,3-4,13-16H2,1-2H3,(H,32,36)(H,33,37). The molecule has 5 rings (SSSR count). The Hall–Kier alpha value is -3.78. The van der Waals surface area contributed by atoms with E-state index < -0.39 is 0 Å². The Morgan fingerprint density at radius 3 is 2.57 bits per heavy atom. The molecule has 37 heavy (non-hydrogen) atoms. The molecule has 1 aromatic heterocycles. The normalized spacial score (nSPS) is 17.6. The molecule has 7 nitrogen and oxygen atoms in total. The molecule has 2 aliphatic rings. The van der Waals surface area contributed by atoms with Gasteiger partial charge in [-0.15, -0.1) is 0 Å². The van der Waals surface area contributed by atoms with Crippen LogP contribution in [0.5, 0.6) is 0 Å². The maximum Gasteiger partial charge on any atom is 0.256 e. The van der Waals surface area contributed by atoms with Crippen molar-refractivity contribution in [3.05, 3.63) is 83.4 Å². The lowest BCUT2D eigenvalue weighted by molar-refractivity contribution is -0.120. The second kappa shape index (κ2) is 10.7. The second-order valence-electron chi connectivity index (χ2n) is 9.60. The zero-order valence-corrected chi connectivity index (χ0v) is 21.2. The zero-order valence-electron chi connectivity index (χ0n) is 21.2. The van der Waals surface area contributed by atoms with E-state index in [4.69, 9.17) is 0 Å². The molecule has 1 atom stereocenters. The van der Waals surface area contributed by atoms with Crippen LogP contribution in [-0.4, -0.2) is 47.9 Å². The maximum atomic E-state index is 15.1. The molecule has 8 heteroatoms. The van der Waals surface area contributed by atoms with Gasteiger partial charge in [0.05, 0.1) is 11.7 Å². The van der Waals surface area contributed by atoms with E-state index in [1.54, 1.807) is 18.3 Å². The quantitative estimate of drug-likeness (QED) is 0.493.